The van der Waals surface area contributed by atoms with E-state index in [1.807, 2.05) is 0 Å². The predicted molar refractivity (Wildman–Crippen MR) is 73.8 cm³/mol. The molecule has 0 aromatic heterocycles. The van der Waals surface area contributed by atoms with Crippen molar-refractivity contribution in [1.29, 1.82) is 0 Å². The van der Waals surface area contributed by atoms with E-state index in [2.05, 4.69) is 32.7 Å². The third-order valence-electron chi connectivity index (χ3n) is 5.22. The second-order valence-electron chi connectivity index (χ2n) is 6.96. The maximum Gasteiger partial charge on any atom is 0.0247 e. The smallest absolute Gasteiger partial charge is 0.0247 e. The summed E-state index contributed by atoms with van der Waals surface area (Å²) in [6.07, 6.45) is 5.30. The molecule has 2 aliphatic rings. The number of likely N-dealkylation sites (N-methyl/N-ethyl adjacent to an activating group) is 1. The molecule has 0 spiro atoms. The average molecular weight is 238 g/mol. The molecule has 2 N–H and O–H groups in total. The van der Waals surface area contributed by atoms with Crippen molar-refractivity contribution in [3.8, 4) is 0 Å². The van der Waals surface area contributed by atoms with Gasteiger partial charge in [-0.2, -0.15) is 0 Å². The quantitative estimate of drug-likeness (QED) is 0.816. The molecule has 0 aromatic rings. The van der Waals surface area contributed by atoms with Crippen molar-refractivity contribution in [2.45, 2.75) is 58.5 Å². The molecule has 2 heteroatoms. The molecule has 2 saturated carbocycles. The van der Waals surface area contributed by atoms with Crippen molar-refractivity contribution in [2.75, 3.05) is 13.6 Å². The van der Waals surface area contributed by atoms with E-state index in [0.717, 1.165) is 23.7 Å². The van der Waals surface area contributed by atoms with E-state index in [-0.39, 0.29) is 0 Å². The fraction of sp³-hybridized carbons (Fsp3) is 1.00. The SMILES string of the molecule is CC(C)C1CCC(N)C(N(C)CC2CC2C)C1. The molecule has 100 valence electrons. The number of nitrogens with two attached hydrogens (primary N) is 1. The van der Waals surface area contributed by atoms with Crippen LogP contribution in [0.2, 0.25) is 0 Å². The van der Waals surface area contributed by atoms with Gasteiger partial charge in [-0.15, -0.1) is 0 Å². The first-order chi connectivity index (χ1) is 7.99. The lowest BCUT2D eigenvalue weighted by atomic mass is 9.76. The number of hydrogen-bond acceptors (Lipinski definition) is 2. The summed E-state index contributed by atoms with van der Waals surface area (Å²) < 4.78 is 0. The molecule has 0 aromatic carbocycles. The van der Waals surface area contributed by atoms with Crippen LogP contribution in [0.25, 0.3) is 0 Å². The Morgan fingerprint density at radius 1 is 1.24 bits per heavy atom. The summed E-state index contributed by atoms with van der Waals surface area (Å²) in [6, 6.07) is 1.04. The maximum atomic E-state index is 6.33. The van der Waals surface area contributed by atoms with Crippen molar-refractivity contribution >= 4 is 0 Å². The monoisotopic (exact) mass is 238 g/mol. The van der Waals surface area contributed by atoms with Crippen molar-refractivity contribution in [2.24, 2.45) is 29.4 Å². The number of rotatable bonds is 4. The summed E-state index contributed by atoms with van der Waals surface area (Å²) >= 11 is 0. The van der Waals surface area contributed by atoms with Crippen molar-refractivity contribution in [3.05, 3.63) is 0 Å². The van der Waals surface area contributed by atoms with Crippen LogP contribution < -0.4 is 5.73 Å². The van der Waals surface area contributed by atoms with Gasteiger partial charge < -0.3 is 10.6 Å². The van der Waals surface area contributed by atoms with Crippen molar-refractivity contribution in [1.82, 2.24) is 4.90 Å². The highest BCUT2D eigenvalue weighted by Crippen LogP contribution is 2.39. The molecule has 0 heterocycles. The van der Waals surface area contributed by atoms with E-state index >= 15 is 0 Å². The zero-order valence-corrected chi connectivity index (χ0v) is 12.0. The summed E-state index contributed by atoms with van der Waals surface area (Å²) in [7, 11) is 2.29. The first-order valence-electron chi connectivity index (χ1n) is 7.44. The second kappa shape index (κ2) is 5.27. The van der Waals surface area contributed by atoms with Gasteiger partial charge in [0.15, 0.2) is 0 Å². The van der Waals surface area contributed by atoms with Crippen molar-refractivity contribution in [3.63, 3.8) is 0 Å². The molecule has 0 saturated heterocycles. The summed E-state index contributed by atoms with van der Waals surface area (Å²) in [5.41, 5.74) is 6.33. The van der Waals surface area contributed by atoms with E-state index in [4.69, 9.17) is 5.73 Å². The van der Waals surface area contributed by atoms with Crippen LogP contribution in [-0.4, -0.2) is 30.6 Å². The van der Waals surface area contributed by atoms with Gasteiger partial charge in [0.25, 0.3) is 0 Å². The van der Waals surface area contributed by atoms with Crippen LogP contribution in [-0.2, 0) is 0 Å². The van der Waals surface area contributed by atoms with Crippen LogP contribution in [0.4, 0.5) is 0 Å². The van der Waals surface area contributed by atoms with Crippen LogP contribution in [0.15, 0.2) is 0 Å². The van der Waals surface area contributed by atoms with E-state index in [1.165, 1.54) is 32.2 Å². The number of hydrogen-bond donors (Lipinski definition) is 1. The second-order valence-corrected chi connectivity index (χ2v) is 6.96. The zero-order valence-electron chi connectivity index (χ0n) is 12.0. The Morgan fingerprint density at radius 2 is 1.88 bits per heavy atom. The highest BCUT2D eigenvalue weighted by Gasteiger charge is 2.37. The van der Waals surface area contributed by atoms with Gasteiger partial charge in [0.1, 0.15) is 0 Å². The molecule has 2 rings (SSSR count). The van der Waals surface area contributed by atoms with E-state index in [1.54, 1.807) is 0 Å². The third kappa shape index (κ3) is 3.23. The molecule has 0 amide bonds. The minimum atomic E-state index is 0.407. The molecule has 2 fully saturated rings. The predicted octanol–water partition coefficient (Wildman–Crippen LogP) is 2.73. The number of nitrogens with zero attached hydrogens (tertiary/aromatic N) is 1. The van der Waals surface area contributed by atoms with Crippen LogP contribution in [0, 0.1) is 23.7 Å². The molecule has 0 aliphatic heterocycles. The van der Waals surface area contributed by atoms with Crippen LogP contribution in [0.1, 0.15) is 46.5 Å². The van der Waals surface area contributed by atoms with Gasteiger partial charge in [-0.25, -0.2) is 0 Å². The molecule has 5 atom stereocenters. The Hall–Kier alpha value is -0.0800. The minimum Gasteiger partial charge on any atom is -0.326 e. The van der Waals surface area contributed by atoms with Crippen LogP contribution >= 0.6 is 0 Å². The highest BCUT2D eigenvalue weighted by molar-refractivity contribution is 4.92. The molecular formula is C15H30N2. The van der Waals surface area contributed by atoms with E-state index in [0.29, 0.717) is 12.1 Å². The lowest BCUT2D eigenvalue weighted by molar-refractivity contribution is 0.113. The largest absolute Gasteiger partial charge is 0.326 e. The lowest BCUT2D eigenvalue weighted by Crippen LogP contribution is -2.51. The standard InChI is InChI=1S/C15H30N2/c1-10(2)12-5-6-14(16)15(8-12)17(4)9-13-7-11(13)3/h10-15H,5-9,16H2,1-4H3. The summed E-state index contributed by atoms with van der Waals surface area (Å²) in [6.45, 7) is 8.36. The molecule has 2 aliphatic carbocycles. The molecular weight excluding hydrogens is 208 g/mol. The Morgan fingerprint density at radius 3 is 2.41 bits per heavy atom. The van der Waals surface area contributed by atoms with Gasteiger partial charge in [0, 0.05) is 18.6 Å². The van der Waals surface area contributed by atoms with Gasteiger partial charge in [-0.05, 0) is 56.4 Å². The minimum absolute atomic E-state index is 0.407. The topological polar surface area (TPSA) is 29.3 Å². The average Bonchev–Trinajstić information content (AvgIpc) is 2.94. The summed E-state index contributed by atoms with van der Waals surface area (Å²) in [5.74, 6) is 3.61. The van der Waals surface area contributed by atoms with Gasteiger partial charge in [0.05, 0.1) is 0 Å². The summed E-state index contributed by atoms with van der Waals surface area (Å²) in [4.78, 5) is 2.56. The molecule has 5 unspecified atom stereocenters. The van der Waals surface area contributed by atoms with Gasteiger partial charge in [0.2, 0.25) is 0 Å². The molecule has 17 heavy (non-hydrogen) atoms. The third-order valence-corrected chi connectivity index (χ3v) is 5.22. The molecule has 0 bridgehead atoms. The Labute approximate surface area is 107 Å². The van der Waals surface area contributed by atoms with Crippen molar-refractivity contribution < 1.29 is 0 Å². The van der Waals surface area contributed by atoms with E-state index < -0.39 is 0 Å². The fourth-order valence-corrected chi connectivity index (χ4v) is 3.47. The summed E-state index contributed by atoms with van der Waals surface area (Å²) in [5, 5.41) is 0. The Kier molecular flexibility index (Phi) is 4.14. The van der Waals surface area contributed by atoms with Crippen LogP contribution in [0.5, 0.6) is 0 Å². The first kappa shape index (κ1) is 13.4. The molecule has 2 nitrogen and oxygen atoms in total. The first-order valence-corrected chi connectivity index (χ1v) is 7.44. The fourth-order valence-electron chi connectivity index (χ4n) is 3.47. The van der Waals surface area contributed by atoms with Gasteiger partial charge in [-0.3, -0.25) is 0 Å². The lowest BCUT2D eigenvalue weighted by Gasteiger charge is -2.41. The van der Waals surface area contributed by atoms with Gasteiger partial charge >= 0.3 is 0 Å². The Balaban J connectivity index is 1.87. The zero-order chi connectivity index (χ0) is 12.6. The van der Waals surface area contributed by atoms with Crippen LogP contribution in [0.3, 0.4) is 0 Å². The van der Waals surface area contributed by atoms with E-state index in [9.17, 15) is 0 Å². The normalized spacial score (nSPS) is 42.2. The van der Waals surface area contributed by atoms with Gasteiger partial charge in [-0.1, -0.05) is 20.8 Å². The highest BCUT2D eigenvalue weighted by atomic mass is 15.2. The maximum absolute atomic E-state index is 6.33. The Bertz CT molecular complexity index is 251. The molecule has 0 radical (unpaired) electrons.